The van der Waals surface area contributed by atoms with Gasteiger partial charge in [-0.1, -0.05) is 11.6 Å². The molecule has 1 nitrogen and oxygen atoms in total. The Morgan fingerprint density at radius 1 is 1.47 bits per heavy atom. The molecule has 0 saturated carbocycles. The first kappa shape index (κ1) is 12.8. The van der Waals surface area contributed by atoms with Crippen molar-refractivity contribution in [2.45, 2.75) is 32.1 Å². The lowest BCUT2D eigenvalue weighted by Crippen LogP contribution is -2.30. The zero-order valence-corrected chi connectivity index (χ0v) is 9.64. The van der Waals surface area contributed by atoms with Crippen molar-refractivity contribution in [2.24, 2.45) is 0 Å². The van der Waals surface area contributed by atoms with E-state index in [0.29, 0.717) is 10.9 Å². The van der Waals surface area contributed by atoms with E-state index in [1.807, 2.05) is 0 Å². The minimum Gasteiger partial charge on any atom is -0.309 e. The van der Waals surface area contributed by atoms with E-state index in [1.54, 1.807) is 12.1 Å². The van der Waals surface area contributed by atoms with Crippen molar-refractivity contribution in [2.75, 3.05) is 0 Å². The van der Waals surface area contributed by atoms with Crippen molar-refractivity contribution >= 4 is 22.9 Å². The number of rotatable bonds is 4. The fraction of sp³-hybridized carbons (Fsp3) is 0.556. The van der Waals surface area contributed by atoms with Crippen LogP contribution in [0.3, 0.4) is 0 Å². The highest BCUT2D eigenvalue weighted by Gasteiger charge is 2.29. The van der Waals surface area contributed by atoms with Crippen LogP contribution in [0.15, 0.2) is 12.1 Å². The van der Waals surface area contributed by atoms with Gasteiger partial charge in [0.25, 0.3) is 0 Å². The summed E-state index contributed by atoms with van der Waals surface area (Å²) in [5.41, 5.74) is 0. The molecule has 1 aromatic heterocycles. The molecule has 0 spiro atoms. The largest absolute Gasteiger partial charge is 0.390 e. The molecule has 1 N–H and O–H groups in total. The van der Waals surface area contributed by atoms with E-state index in [0.717, 1.165) is 4.88 Å². The van der Waals surface area contributed by atoms with Gasteiger partial charge in [-0.2, -0.15) is 13.2 Å². The number of hydrogen-bond acceptors (Lipinski definition) is 2. The van der Waals surface area contributed by atoms with Gasteiger partial charge in [0, 0.05) is 17.5 Å². The van der Waals surface area contributed by atoms with Crippen molar-refractivity contribution in [3.05, 3.63) is 21.3 Å². The second-order valence-electron chi connectivity index (χ2n) is 3.31. The molecule has 0 bridgehead atoms. The van der Waals surface area contributed by atoms with Gasteiger partial charge < -0.3 is 5.32 Å². The predicted molar refractivity (Wildman–Crippen MR) is 56.3 cm³/mol. The van der Waals surface area contributed by atoms with Gasteiger partial charge in [-0.25, -0.2) is 0 Å². The zero-order valence-electron chi connectivity index (χ0n) is 8.07. The van der Waals surface area contributed by atoms with Crippen molar-refractivity contribution < 1.29 is 13.2 Å². The number of nitrogens with one attached hydrogen (secondary N) is 1. The lowest BCUT2D eigenvalue weighted by molar-refractivity contribution is -0.139. The third kappa shape index (κ3) is 5.39. The summed E-state index contributed by atoms with van der Waals surface area (Å²) >= 11 is 7.06. The van der Waals surface area contributed by atoms with Crippen molar-refractivity contribution in [1.29, 1.82) is 0 Å². The molecule has 0 amide bonds. The number of thiophene rings is 1. The topological polar surface area (TPSA) is 12.0 Å². The normalized spacial score (nSPS) is 14.2. The molecule has 0 aromatic carbocycles. The SMILES string of the molecule is CC(CC(F)(F)F)NCc1ccc(Cl)s1. The molecule has 0 saturated heterocycles. The maximum atomic E-state index is 12.0. The third-order valence-electron chi connectivity index (χ3n) is 1.79. The van der Waals surface area contributed by atoms with E-state index in [9.17, 15) is 13.2 Å². The van der Waals surface area contributed by atoms with E-state index >= 15 is 0 Å². The molecule has 1 atom stereocenters. The molecule has 15 heavy (non-hydrogen) atoms. The Labute approximate surface area is 95.2 Å². The molecule has 0 aliphatic rings. The van der Waals surface area contributed by atoms with Crippen LogP contribution >= 0.6 is 22.9 Å². The van der Waals surface area contributed by atoms with E-state index in [1.165, 1.54) is 18.3 Å². The molecule has 1 unspecified atom stereocenters. The van der Waals surface area contributed by atoms with Crippen molar-refractivity contribution in [3.8, 4) is 0 Å². The van der Waals surface area contributed by atoms with Crippen LogP contribution in [0.25, 0.3) is 0 Å². The second kappa shape index (κ2) is 5.18. The Bertz CT molecular complexity index is 311. The number of halogens is 4. The molecule has 0 aliphatic heterocycles. The van der Waals surface area contributed by atoms with Gasteiger partial charge in [0.05, 0.1) is 10.8 Å². The average molecular weight is 258 g/mol. The van der Waals surface area contributed by atoms with Crippen LogP contribution in [0.5, 0.6) is 0 Å². The highest BCUT2D eigenvalue weighted by Crippen LogP contribution is 2.23. The van der Waals surface area contributed by atoms with Crippen LogP contribution < -0.4 is 5.32 Å². The Morgan fingerprint density at radius 2 is 2.13 bits per heavy atom. The van der Waals surface area contributed by atoms with Crippen molar-refractivity contribution in [3.63, 3.8) is 0 Å². The van der Waals surface area contributed by atoms with E-state index in [-0.39, 0.29) is 0 Å². The lowest BCUT2D eigenvalue weighted by atomic mass is 10.2. The minimum atomic E-state index is -4.11. The Morgan fingerprint density at radius 3 is 2.60 bits per heavy atom. The van der Waals surface area contributed by atoms with Gasteiger partial charge in [-0.05, 0) is 19.1 Å². The maximum Gasteiger partial charge on any atom is 0.390 e. The van der Waals surface area contributed by atoms with Gasteiger partial charge >= 0.3 is 6.18 Å². The Balaban J connectivity index is 2.31. The molecule has 1 rings (SSSR count). The van der Waals surface area contributed by atoms with Gasteiger partial charge in [0.15, 0.2) is 0 Å². The van der Waals surface area contributed by atoms with E-state index in [4.69, 9.17) is 11.6 Å². The molecular weight excluding hydrogens is 247 g/mol. The van der Waals surface area contributed by atoms with Crippen LogP contribution in [-0.4, -0.2) is 12.2 Å². The molecule has 6 heteroatoms. The van der Waals surface area contributed by atoms with Crippen LogP contribution in [-0.2, 0) is 6.54 Å². The van der Waals surface area contributed by atoms with Gasteiger partial charge in [-0.15, -0.1) is 11.3 Å². The second-order valence-corrected chi connectivity index (χ2v) is 5.11. The van der Waals surface area contributed by atoms with Crippen molar-refractivity contribution in [1.82, 2.24) is 5.32 Å². The Kier molecular flexibility index (Phi) is 4.43. The van der Waals surface area contributed by atoms with Crippen LogP contribution in [0.1, 0.15) is 18.2 Å². The summed E-state index contributed by atoms with van der Waals surface area (Å²) in [5, 5.41) is 2.80. The molecule has 86 valence electrons. The van der Waals surface area contributed by atoms with Gasteiger partial charge in [0.1, 0.15) is 0 Å². The first-order valence-corrected chi connectivity index (χ1v) is 5.60. The van der Waals surface area contributed by atoms with E-state index in [2.05, 4.69) is 5.32 Å². The number of hydrogen-bond donors (Lipinski definition) is 1. The smallest absolute Gasteiger partial charge is 0.309 e. The monoisotopic (exact) mass is 257 g/mol. The molecule has 0 fully saturated rings. The van der Waals surface area contributed by atoms with Crippen LogP contribution in [0.4, 0.5) is 13.2 Å². The first-order chi connectivity index (χ1) is 6.87. The molecule has 1 aromatic rings. The van der Waals surface area contributed by atoms with Gasteiger partial charge in [-0.3, -0.25) is 0 Å². The highest BCUT2D eigenvalue weighted by molar-refractivity contribution is 7.16. The molecule has 0 radical (unpaired) electrons. The minimum absolute atomic E-state index is 0.425. The van der Waals surface area contributed by atoms with Crippen LogP contribution in [0, 0.1) is 0 Å². The third-order valence-corrected chi connectivity index (χ3v) is 3.02. The summed E-state index contributed by atoms with van der Waals surface area (Å²) in [7, 11) is 0. The summed E-state index contributed by atoms with van der Waals surface area (Å²) < 4.78 is 36.6. The first-order valence-electron chi connectivity index (χ1n) is 4.41. The van der Waals surface area contributed by atoms with Crippen LogP contribution in [0.2, 0.25) is 4.34 Å². The zero-order chi connectivity index (χ0) is 11.5. The summed E-state index contributed by atoms with van der Waals surface area (Å²) in [4.78, 5) is 0.939. The fourth-order valence-electron chi connectivity index (χ4n) is 1.14. The van der Waals surface area contributed by atoms with Gasteiger partial charge in [0.2, 0.25) is 0 Å². The quantitative estimate of drug-likeness (QED) is 0.864. The standard InChI is InChI=1S/C9H11ClF3NS/c1-6(4-9(11,12)13)14-5-7-2-3-8(10)15-7/h2-3,6,14H,4-5H2,1H3. The maximum absolute atomic E-state index is 12.0. The summed E-state index contributed by atoms with van der Waals surface area (Å²) in [6.07, 6.45) is -4.92. The summed E-state index contributed by atoms with van der Waals surface area (Å²) in [6.45, 7) is 1.94. The highest BCUT2D eigenvalue weighted by atomic mass is 35.5. The fourth-order valence-corrected chi connectivity index (χ4v) is 2.18. The average Bonchev–Trinajstić information content (AvgIpc) is 2.45. The number of alkyl halides is 3. The summed E-state index contributed by atoms with van der Waals surface area (Å²) in [6, 6.07) is 2.96. The lowest BCUT2D eigenvalue weighted by Gasteiger charge is -2.14. The molecular formula is C9H11ClF3NS. The Hall–Kier alpha value is -0.260. The predicted octanol–water partition coefficient (Wildman–Crippen LogP) is 3.83. The molecule has 1 heterocycles. The molecule has 0 aliphatic carbocycles. The summed E-state index contributed by atoms with van der Waals surface area (Å²) in [5.74, 6) is 0. The van der Waals surface area contributed by atoms with E-state index < -0.39 is 18.6 Å².